The number of aromatic hydroxyl groups is 1. The minimum atomic E-state index is -1.07. The quantitative estimate of drug-likeness (QED) is 0.210. The molecule has 1 saturated heterocycles. The summed E-state index contributed by atoms with van der Waals surface area (Å²) >= 11 is 0. The zero-order valence-electron chi connectivity index (χ0n) is 16.3. The van der Waals surface area contributed by atoms with Gasteiger partial charge in [-0.15, -0.1) is 0 Å². The maximum atomic E-state index is 13.4. The number of phenolic OH excluding ortho intramolecular Hbond substituents is 1. The number of halogens is 1. The molecule has 9 heteroatoms. The number of anilines is 1. The van der Waals surface area contributed by atoms with Crippen molar-refractivity contribution in [3.63, 3.8) is 0 Å². The summed E-state index contributed by atoms with van der Waals surface area (Å²) in [5, 5.41) is 31.5. The summed E-state index contributed by atoms with van der Waals surface area (Å²) in [7, 11) is 0. The van der Waals surface area contributed by atoms with E-state index in [4.69, 9.17) is 0 Å². The Kier molecular flexibility index (Phi) is 5.15. The maximum Gasteiger partial charge on any atom is 0.300 e. The average Bonchev–Trinajstić information content (AvgIpc) is 3.05. The van der Waals surface area contributed by atoms with Gasteiger partial charge in [0, 0.05) is 23.4 Å². The first-order valence-corrected chi connectivity index (χ1v) is 9.38. The number of nitro groups is 1. The van der Waals surface area contributed by atoms with Crippen molar-refractivity contribution in [2.45, 2.75) is 6.04 Å². The highest BCUT2D eigenvalue weighted by Crippen LogP contribution is 2.42. The number of carbonyl (C=O) groups excluding carboxylic acids is 2. The Hall–Kier alpha value is -4.53. The van der Waals surface area contributed by atoms with Crippen LogP contribution in [0.1, 0.15) is 17.2 Å². The van der Waals surface area contributed by atoms with E-state index in [0.717, 1.165) is 17.0 Å². The Morgan fingerprint density at radius 2 is 1.53 bits per heavy atom. The van der Waals surface area contributed by atoms with Crippen molar-refractivity contribution >= 4 is 28.8 Å². The van der Waals surface area contributed by atoms with E-state index in [0.29, 0.717) is 5.56 Å². The highest BCUT2D eigenvalue weighted by molar-refractivity contribution is 6.51. The molecule has 0 bridgehead atoms. The van der Waals surface area contributed by atoms with E-state index in [-0.39, 0.29) is 28.3 Å². The summed E-state index contributed by atoms with van der Waals surface area (Å²) in [4.78, 5) is 37.3. The molecular weight excluding hydrogens is 419 g/mol. The number of non-ortho nitro benzene ring substituents is 1. The molecule has 1 aliphatic rings. The van der Waals surface area contributed by atoms with Crippen LogP contribution in [0.2, 0.25) is 0 Å². The number of hydrogen-bond acceptors (Lipinski definition) is 6. The van der Waals surface area contributed by atoms with Gasteiger partial charge < -0.3 is 10.2 Å². The Morgan fingerprint density at radius 1 is 0.938 bits per heavy atom. The predicted molar refractivity (Wildman–Crippen MR) is 112 cm³/mol. The predicted octanol–water partition coefficient (Wildman–Crippen LogP) is 4.07. The molecule has 8 nitrogen and oxygen atoms in total. The number of aliphatic hydroxyl groups excluding tert-OH is 1. The molecule has 1 heterocycles. The van der Waals surface area contributed by atoms with E-state index in [9.17, 15) is 34.3 Å². The topological polar surface area (TPSA) is 121 Å². The van der Waals surface area contributed by atoms with Gasteiger partial charge in [-0.2, -0.15) is 0 Å². The van der Waals surface area contributed by atoms with Gasteiger partial charge in [-0.1, -0.05) is 12.1 Å². The number of hydrogen-bond donors (Lipinski definition) is 2. The second kappa shape index (κ2) is 7.95. The first-order valence-electron chi connectivity index (χ1n) is 9.38. The van der Waals surface area contributed by atoms with Crippen LogP contribution >= 0.6 is 0 Å². The molecule has 3 aromatic carbocycles. The molecule has 0 spiro atoms. The number of nitro benzene ring substituents is 1. The number of benzene rings is 3. The molecule has 32 heavy (non-hydrogen) atoms. The van der Waals surface area contributed by atoms with E-state index < -0.39 is 34.2 Å². The summed E-state index contributed by atoms with van der Waals surface area (Å²) in [5.74, 6) is -2.98. The Bertz CT molecular complexity index is 1250. The van der Waals surface area contributed by atoms with Crippen molar-refractivity contribution in [1.82, 2.24) is 0 Å². The van der Waals surface area contributed by atoms with Gasteiger partial charge in [-0.05, 0) is 54.1 Å². The fourth-order valence-electron chi connectivity index (χ4n) is 3.57. The summed E-state index contributed by atoms with van der Waals surface area (Å²) in [6, 6.07) is 14.5. The minimum Gasteiger partial charge on any atom is -0.508 e. The van der Waals surface area contributed by atoms with E-state index >= 15 is 0 Å². The molecule has 0 saturated carbocycles. The standard InChI is InChI=1S/C23H15FN2O6/c24-15-5-9-16(10-6-15)25-20(13-3-11-18(27)12-4-13)19(22(29)23(25)30)21(28)14-1-7-17(8-2-14)26(31)32/h1-12,20,27-28H/b21-19-. The average molecular weight is 434 g/mol. The van der Waals surface area contributed by atoms with Gasteiger partial charge in [-0.25, -0.2) is 4.39 Å². The lowest BCUT2D eigenvalue weighted by molar-refractivity contribution is -0.384. The highest BCUT2D eigenvalue weighted by atomic mass is 19.1. The van der Waals surface area contributed by atoms with Gasteiger partial charge in [0.25, 0.3) is 17.4 Å². The smallest absolute Gasteiger partial charge is 0.300 e. The third-order valence-electron chi connectivity index (χ3n) is 5.11. The molecule has 4 rings (SSSR count). The zero-order valence-corrected chi connectivity index (χ0v) is 16.3. The largest absolute Gasteiger partial charge is 0.508 e. The Labute approximate surface area is 180 Å². The maximum absolute atomic E-state index is 13.4. The molecule has 1 aliphatic heterocycles. The van der Waals surface area contributed by atoms with Crippen molar-refractivity contribution in [3.8, 4) is 5.75 Å². The molecule has 160 valence electrons. The van der Waals surface area contributed by atoms with E-state index in [1.54, 1.807) is 0 Å². The van der Waals surface area contributed by atoms with Crippen LogP contribution in [-0.2, 0) is 9.59 Å². The van der Waals surface area contributed by atoms with Crippen LogP contribution in [0.3, 0.4) is 0 Å². The molecular formula is C23H15FN2O6. The van der Waals surface area contributed by atoms with Crippen LogP contribution in [0.25, 0.3) is 5.76 Å². The number of amides is 1. The summed E-state index contributed by atoms with van der Waals surface area (Å²) in [6.45, 7) is 0. The van der Waals surface area contributed by atoms with Crippen LogP contribution in [-0.4, -0.2) is 26.8 Å². The molecule has 1 atom stereocenters. The monoisotopic (exact) mass is 434 g/mol. The van der Waals surface area contributed by atoms with Crippen molar-refractivity contribution in [2.75, 3.05) is 4.90 Å². The Balaban J connectivity index is 1.90. The van der Waals surface area contributed by atoms with Crippen LogP contribution in [0.4, 0.5) is 15.8 Å². The van der Waals surface area contributed by atoms with Crippen molar-refractivity contribution in [2.24, 2.45) is 0 Å². The SMILES string of the molecule is O=C1C(=O)N(c2ccc(F)cc2)C(c2ccc(O)cc2)/C1=C(/O)c1ccc([N+](=O)[O-])cc1. The number of rotatable bonds is 4. The van der Waals surface area contributed by atoms with Gasteiger partial charge in [0.15, 0.2) is 0 Å². The van der Waals surface area contributed by atoms with Gasteiger partial charge in [0.05, 0.1) is 16.5 Å². The normalized spacial score (nSPS) is 17.5. The summed E-state index contributed by atoms with van der Waals surface area (Å²) in [6.07, 6.45) is 0. The van der Waals surface area contributed by atoms with E-state index in [1.165, 1.54) is 60.7 Å². The molecule has 1 fully saturated rings. The van der Waals surface area contributed by atoms with Gasteiger partial charge in [0.2, 0.25) is 0 Å². The number of phenols is 1. The van der Waals surface area contributed by atoms with Gasteiger partial charge in [0.1, 0.15) is 17.3 Å². The molecule has 3 aromatic rings. The minimum absolute atomic E-state index is 0.0390. The third-order valence-corrected chi connectivity index (χ3v) is 5.11. The van der Waals surface area contributed by atoms with Crippen molar-refractivity contribution < 1.29 is 29.1 Å². The van der Waals surface area contributed by atoms with E-state index in [2.05, 4.69) is 0 Å². The fourth-order valence-corrected chi connectivity index (χ4v) is 3.57. The lowest BCUT2D eigenvalue weighted by Gasteiger charge is -2.25. The summed E-state index contributed by atoms with van der Waals surface area (Å²) < 4.78 is 13.4. The summed E-state index contributed by atoms with van der Waals surface area (Å²) in [5.41, 5.74) is 0.308. The number of nitrogens with zero attached hydrogens (tertiary/aromatic N) is 2. The van der Waals surface area contributed by atoms with Crippen LogP contribution in [0.15, 0.2) is 78.4 Å². The molecule has 0 radical (unpaired) electrons. The van der Waals surface area contributed by atoms with Crippen LogP contribution < -0.4 is 4.90 Å². The van der Waals surface area contributed by atoms with Gasteiger partial charge >= 0.3 is 0 Å². The number of ketones is 1. The number of aliphatic hydroxyl groups is 1. The lowest BCUT2D eigenvalue weighted by atomic mass is 9.95. The molecule has 1 unspecified atom stereocenters. The molecule has 2 N–H and O–H groups in total. The van der Waals surface area contributed by atoms with Crippen molar-refractivity contribution in [3.05, 3.63) is 105 Å². The van der Waals surface area contributed by atoms with Crippen LogP contribution in [0, 0.1) is 15.9 Å². The number of Topliss-reactive ketones (excluding diaryl/α,β-unsaturated/α-hetero) is 1. The third kappa shape index (κ3) is 3.56. The second-order valence-electron chi connectivity index (χ2n) is 7.04. The highest BCUT2D eigenvalue weighted by Gasteiger charge is 2.47. The number of carbonyl (C=O) groups is 2. The lowest BCUT2D eigenvalue weighted by Crippen LogP contribution is -2.29. The van der Waals surface area contributed by atoms with Gasteiger partial charge in [-0.3, -0.25) is 24.6 Å². The first-order chi connectivity index (χ1) is 15.3. The Morgan fingerprint density at radius 3 is 2.09 bits per heavy atom. The molecule has 0 aromatic heterocycles. The van der Waals surface area contributed by atoms with Crippen molar-refractivity contribution in [1.29, 1.82) is 0 Å². The fraction of sp³-hybridized carbons (Fsp3) is 0.0435. The second-order valence-corrected chi connectivity index (χ2v) is 7.04. The molecule has 1 amide bonds. The first kappa shape index (κ1) is 20.7. The molecule has 0 aliphatic carbocycles. The van der Waals surface area contributed by atoms with Crippen LogP contribution in [0.5, 0.6) is 5.75 Å². The van der Waals surface area contributed by atoms with E-state index in [1.807, 2.05) is 0 Å². The zero-order chi connectivity index (χ0) is 23.0.